The first kappa shape index (κ1) is 15.3. The van der Waals surface area contributed by atoms with Crippen LogP contribution in [0.1, 0.15) is 59.6 Å². The molecule has 0 spiro atoms. The van der Waals surface area contributed by atoms with E-state index in [2.05, 4.69) is 48.5 Å². The lowest BCUT2D eigenvalue weighted by Crippen LogP contribution is -2.47. The van der Waals surface area contributed by atoms with E-state index in [4.69, 9.17) is 13.9 Å². The van der Waals surface area contributed by atoms with E-state index in [9.17, 15) is 0 Å². The van der Waals surface area contributed by atoms with E-state index in [0.717, 1.165) is 28.0 Å². The van der Waals surface area contributed by atoms with E-state index < -0.39 is 5.79 Å². The first-order chi connectivity index (χ1) is 9.96. The van der Waals surface area contributed by atoms with Crippen LogP contribution in [0, 0.1) is 12.3 Å². The fourth-order valence-corrected chi connectivity index (χ4v) is 3.17. The molecule has 2 heterocycles. The van der Waals surface area contributed by atoms with Gasteiger partial charge in [0.1, 0.15) is 0 Å². The highest BCUT2D eigenvalue weighted by Crippen LogP contribution is 2.54. The lowest BCUT2D eigenvalue weighted by molar-refractivity contribution is -0.142. The van der Waals surface area contributed by atoms with Crippen LogP contribution < -0.4 is 9.47 Å². The largest absolute Gasteiger partial charge is 0.460 e. The SMILES string of the molecule is Cc1c2c(c3occc3c1C(C)(C)C)OC(C)(C(C)(C)C)O2. The second-order valence-electron chi connectivity index (χ2n) is 8.47. The number of hydrogen-bond donors (Lipinski definition) is 0. The Morgan fingerprint density at radius 3 is 2.09 bits per heavy atom. The minimum Gasteiger partial charge on any atom is -0.460 e. The maximum Gasteiger partial charge on any atom is 0.253 e. The van der Waals surface area contributed by atoms with Crippen molar-refractivity contribution in [2.45, 2.75) is 66.6 Å². The van der Waals surface area contributed by atoms with E-state index in [1.54, 1.807) is 6.26 Å². The van der Waals surface area contributed by atoms with Crippen LogP contribution in [0.15, 0.2) is 16.7 Å². The number of furan rings is 1. The Bertz CT molecular complexity index is 741. The van der Waals surface area contributed by atoms with Crippen LogP contribution in [0.4, 0.5) is 0 Å². The van der Waals surface area contributed by atoms with Crippen molar-refractivity contribution >= 4 is 11.0 Å². The fraction of sp³-hybridized carbons (Fsp3) is 0.579. The average Bonchev–Trinajstić information content (AvgIpc) is 2.90. The van der Waals surface area contributed by atoms with Crippen LogP contribution in [-0.4, -0.2) is 5.79 Å². The van der Waals surface area contributed by atoms with Crippen LogP contribution in [0.25, 0.3) is 11.0 Å². The standard InChI is InChI=1S/C19H26O3/c1-11-13(17(2,3)4)12-9-10-20-15(12)16-14(11)21-19(8,22-16)18(5,6)7/h9-10H,1-8H3. The summed E-state index contributed by atoms with van der Waals surface area (Å²) in [7, 11) is 0. The summed E-state index contributed by atoms with van der Waals surface area (Å²) < 4.78 is 18.3. The Morgan fingerprint density at radius 1 is 0.955 bits per heavy atom. The fourth-order valence-electron chi connectivity index (χ4n) is 3.17. The Morgan fingerprint density at radius 2 is 1.55 bits per heavy atom. The number of fused-ring (bicyclic) bond motifs is 3. The highest BCUT2D eigenvalue weighted by atomic mass is 16.7. The number of hydrogen-bond acceptors (Lipinski definition) is 3. The van der Waals surface area contributed by atoms with Crippen molar-refractivity contribution in [3.63, 3.8) is 0 Å². The number of ether oxygens (including phenoxy) is 2. The van der Waals surface area contributed by atoms with Gasteiger partial charge in [0, 0.05) is 17.7 Å². The van der Waals surface area contributed by atoms with Gasteiger partial charge in [0.2, 0.25) is 5.75 Å². The molecule has 0 amide bonds. The van der Waals surface area contributed by atoms with Gasteiger partial charge in [0.05, 0.1) is 6.26 Å². The highest BCUT2D eigenvalue weighted by Gasteiger charge is 2.49. The van der Waals surface area contributed by atoms with Crippen molar-refractivity contribution < 1.29 is 13.9 Å². The molecule has 0 bridgehead atoms. The molecule has 0 aliphatic carbocycles. The van der Waals surface area contributed by atoms with Crippen molar-refractivity contribution in [2.24, 2.45) is 5.41 Å². The quantitative estimate of drug-likeness (QED) is 0.637. The van der Waals surface area contributed by atoms with Crippen LogP contribution in [0.3, 0.4) is 0 Å². The van der Waals surface area contributed by atoms with Gasteiger partial charge in [0.25, 0.3) is 5.79 Å². The molecule has 1 aromatic carbocycles. The van der Waals surface area contributed by atoms with Gasteiger partial charge in [-0.25, -0.2) is 0 Å². The predicted molar refractivity (Wildman–Crippen MR) is 88.8 cm³/mol. The van der Waals surface area contributed by atoms with Crippen LogP contribution in [0.5, 0.6) is 11.5 Å². The highest BCUT2D eigenvalue weighted by molar-refractivity contribution is 5.92. The summed E-state index contributed by atoms with van der Waals surface area (Å²) in [5.41, 5.74) is 3.05. The van der Waals surface area contributed by atoms with Crippen LogP contribution >= 0.6 is 0 Å². The van der Waals surface area contributed by atoms with E-state index in [0.29, 0.717) is 0 Å². The summed E-state index contributed by atoms with van der Waals surface area (Å²) in [5.74, 6) is 0.865. The minimum absolute atomic E-state index is 0.00528. The summed E-state index contributed by atoms with van der Waals surface area (Å²) in [6.45, 7) is 17.1. The summed E-state index contributed by atoms with van der Waals surface area (Å²) in [6.07, 6.45) is 1.73. The molecule has 3 nitrogen and oxygen atoms in total. The van der Waals surface area contributed by atoms with E-state index in [1.807, 2.05) is 13.0 Å². The van der Waals surface area contributed by atoms with Crippen molar-refractivity contribution in [3.8, 4) is 11.5 Å². The van der Waals surface area contributed by atoms with Crippen molar-refractivity contribution in [2.75, 3.05) is 0 Å². The zero-order valence-corrected chi connectivity index (χ0v) is 14.9. The second kappa shape index (κ2) is 4.21. The molecule has 3 rings (SSSR count). The van der Waals surface area contributed by atoms with Crippen molar-refractivity contribution in [1.29, 1.82) is 0 Å². The Labute approximate surface area is 132 Å². The lowest BCUT2D eigenvalue weighted by Gasteiger charge is -2.35. The average molecular weight is 302 g/mol. The maximum absolute atomic E-state index is 6.32. The molecule has 1 atom stereocenters. The monoisotopic (exact) mass is 302 g/mol. The van der Waals surface area contributed by atoms with Crippen LogP contribution in [-0.2, 0) is 5.41 Å². The van der Waals surface area contributed by atoms with E-state index >= 15 is 0 Å². The second-order valence-corrected chi connectivity index (χ2v) is 8.47. The zero-order valence-electron chi connectivity index (χ0n) is 14.9. The van der Waals surface area contributed by atoms with Gasteiger partial charge in [-0.2, -0.15) is 0 Å². The van der Waals surface area contributed by atoms with Gasteiger partial charge < -0.3 is 13.9 Å². The summed E-state index contributed by atoms with van der Waals surface area (Å²) in [4.78, 5) is 0. The molecule has 120 valence electrons. The number of rotatable bonds is 0. The van der Waals surface area contributed by atoms with E-state index in [1.165, 1.54) is 5.56 Å². The lowest BCUT2D eigenvalue weighted by atomic mass is 9.81. The molecule has 3 heteroatoms. The molecule has 22 heavy (non-hydrogen) atoms. The molecule has 0 fully saturated rings. The summed E-state index contributed by atoms with van der Waals surface area (Å²) >= 11 is 0. The minimum atomic E-state index is -0.698. The third kappa shape index (κ3) is 1.94. The summed E-state index contributed by atoms with van der Waals surface area (Å²) in [6, 6.07) is 2.03. The molecule has 1 aromatic heterocycles. The Kier molecular flexibility index (Phi) is 2.92. The molecule has 0 radical (unpaired) electrons. The molecule has 1 aliphatic rings. The molecule has 0 N–H and O–H groups in total. The predicted octanol–water partition coefficient (Wildman–Crippen LogP) is 5.57. The third-order valence-corrected chi connectivity index (χ3v) is 4.77. The maximum atomic E-state index is 6.32. The van der Waals surface area contributed by atoms with Gasteiger partial charge in [-0.15, -0.1) is 0 Å². The normalized spacial score (nSPS) is 21.6. The molecule has 1 aliphatic heterocycles. The smallest absolute Gasteiger partial charge is 0.253 e. The molecular formula is C19H26O3. The Balaban J connectivity index is 2.31. The van der Waals surface area contributed by atoms with Gasteiger partial charge in [-0.1, -0.05) is 41.5 Å². The molecule has 0 saturated carbocycles. The molecule has 1 unspecified atom stereocenters. The molecule has 0 saturated heterocycles. The van der Waals surface area contributed by atoms with Crippen LogP contribution in [0.2, 0.25) is 0 Å². The molecular weight excluding hydrogens is 276 g/mol. The first-order valence-electron chi connectivity index (χ1n) is 7.88. The van der Waals surface area contributed by atoms with Gasteiger partial charge in [-0.3, -0.25) is 0 Å². The first-order valence-corrected chi connectivity index (χ1v) is 7.88. The van der Waals surface area contributed by atoms with Gasteiger partial charge in [-0.05, 0) is 29.5 Å². The van der Waals surface area contributed by atoms with Gasteiger partial charge in [0.15, 0.2) is 11.3 Å². The third-order valence-electron chi connectivity index (χ3n) is 4.77. The van der Waals surface area contributed by atoms with Crippen molar-refractivity contribution in [1.82, 2.24) is 0 Å². The number of benzene rings is 1. The van der Waals surface area contributed by atoms with Crippen molar-refractivity contribution in [3.05, 3.63) is 23.5 Å². The zero-order chi connectivity index (χ0) is 16.5. The summed E-state index contributed by atoms with van der Waals surface area (Å²) in [5, 5.41) is 1.12. The van der Waals surface area contributed by atoms with Gasteiger partial charge >= 0.3 is 0 Å². The topological polar surface area (TPSA) is 31.6 Å². The van der Waals surface area contributed by atoms with E-state index in [-0.39, 0.29) is 10.8 Å². The molecule has 2 aromatic rings. The Hall–Kier alpha value is -1.64.